The first-order valence-corrected chi connectivity index (χ1v) is 8.45. The molecule has 24 heavy (non-hydrogen) atoms. The molecule has 0 saturated heterocycles. The van der Waals surface area contributed by atoms with Gasteiger partial charge >= 0.3 is 0 Å². The van der Waals surface area contributed by atoms with E-state index < -0.39 is 0 Å². The Morgan fingerprint density at radius 2 is 2.08 bits per heavy atom. The Morgan fingerprint density at radius 3 is 2.83 bits per heavy atom. The molecule has 126 valence electrons. The van der Waals surface area contributed by atoms with Crippen LogP contribution in [0.25, 0.3) is 4.96 Å². The lowest BCUT2D eigenvalue weighted by atomic mass is 10.2. The topological polar surface area (TPSA) is 46.8 Å². The molecule has 2 heterocycles. The molecule has 3 aromatic rings. The lowest BCUT2D eigenvalue weighted by Gasteiger charge is -2.21. The number of fused-ring (bicyclic) bond motifs is 1. The van der Waals surface area contributed by atoms with Gasteiger partial charge in [-0.1, -0.05) is 12.1 Å². The van der Waals surface area contributed by atoms with E-state index >= 15 is 0 Å². The van der Waals surface area contributed by atoms with Gasteiger partial charge in [-0.25, -0.2) is 9.37 Å². The van der Waals surface area contributed by atoms with E-state index in [-0.39, 0.29) is 11.4 Å². The molecule has 0 atom stereocenters. The Morgan fingerprint density at radius 1 is 1.29 bits per heavy atom. The minimum Gasteiger partial charge on any atom is -0.383 e. The molecule has 3 rings (SSSR count). The van der Waals surface area contributed by atoms with Crippen molar-refractivity contribution in [3.05, 3.63) is 69.3 Å². The molecule has 0 aliphatic carbocycles. The zero-order valence-electron chi connectivity index (χ0n) is 13.3. The van der Waals surface area contributed by atoms with Crippen LogP contribution in [0.3, 0.4) is 0 Å². The van der Waals surface area contributed by atoms with E-state index in [0.29, 0.717) is 31.2 Å². The number of aromatic nitrogens is 2. The molecule has 0 bridgehead atoms. The number of ether oxygens (including phenoxy) is 1. The zero-order valence-corrected chi connectivity index (χ0v) is 14.1. The Hall–Kier alpha value is -2.09. The molecule has 7 heteroatoms. The van der Waals surface area contributed by atoms with Gasteiger partial charge in [0.15, 0.2) is 4.96 Å². The maximum atomic E-state index is 13.1. The number of nitrogens with zero attached hydrogens (tertiary/aromatic N) is 3. The maximum Gasteiger partial charge on any atom is 0.258 e. The first-order chi connectivity index (χ1) is 11.7. The van der Waals surface area contributed by atoms with E-state index in [0.717, 1.165) is 11.3 Å². The summed E-state index contributed by atoms with van der Waals surface area (Å²) in [6.45, 7) is 2.43. The second-order valence-corrected chi connectivity index (χ2v) is 6.34. The third-order valence-corrected chi connectivity index (χ3v) is 4.43. The van der Waals surface area contributed by atoms with Crippen LogP contribution >= 0.6 is 11.3 Å². The first kappa shape index (κ1) is 16.8. The summed E-state index contributed by atoms with van der Waals surface area (Å²) in [4.78, 5) is 19.4. The van der Waals surface area contributed by atoms with Gasteiger partial charge in [0.2, 0.25) is 0 Å². The molecule has 0 unspecified atom stereocenters. The summed E-state index contributed by atoms with van der Waals surface area (Å²) in [6.07, 6.45) is 1.72. The second kappa shape index (κ2) is 7.65. The minimum absolute atomic E-state index is 0.0790. The standard InChI is InChI=1S/C17H18FN3O2S/c1-23-8-6-20(11-13-2-4-14(18)5-3-13)12-15-10-16(22)21-7-9-24-17(21)19-15/h2-5,7,9-10H,6,8,11-12H2,1H3. The zero-order chi connectivity index (χ0) is 16.9. The van der Waals surface area contributed by atoms with Crippen molar-refractivity contribution in [1.82, 2.24) is 14.3 Å². The average Bonchev–Trinajstić information content (AvgIpc) is 3.04. The molecule has 1 aromatic carbocycles. The van der Waals surface area contributed by atoms with Crippen molar-refractivity contribution in [3.8, 4) is 0 Å². The normalized spacial score (nSPS) is 11.5. The number of halogens is 1. The molecule has 2 aromatic heterocycles. The number of hydrogen-bond acceptors (Lipinski definition) is 5. The van der Waals surface area contributed by atoms with E-state index in [2.05, 4.69) is 9.88 Å². The van der Waals surface area contributed by atoms with Crippen LogP contribution in [0.2, 0.25) is 0 Å². The fourth-order valence-electron chi connectivity index (χ4n) is 2.48. The number of methoxy groups -OCH3 is 1. The van der Waals surface area contributed by atoms with E-state index in [1.807, 2.05) is 5.38 Å². The molecule has 5 nitrogen and oxygen atoms in total. The molecule has 0 amide bonds. The summed E-state index contributed by atoms with van der Waals surface area (Å²) in [5, 5.41) is 1.84. The van der Waals surface area contributed by atoms with Crippen molar-refractivity contribution in [1.29, 1.82) is 0 Å². The van der Waals surface area contributed by atoms with Crippen LogP contribution in [0.4, 0.5) is 4.39 Å². The lowest BCUT2D eigenvalue weighted by molar-refractivity contribution is 0.139. The number of rotatable bonds is 7. The molecule has 0 radical (unpaired) electrons. The van der Waals surface area contributed by atoms with E-state index in [1.54, 1.807) is 31.5 Å². The van der Waals surface area contributed by atoms with Crippen LogP contribution in [0.5, 0.6) is 0 Å². The van der Waals surface area contributed by atoms with Gasteiger partial charge in [0, 0.05) is 44.4 Å². The molecule has 0 saturated carbocycles. The maximum absolute atomic E-state index is 13.1. The SMILES string of the molecule is COCCN(Cc1ccc(F)cc1)Cc1cc(=O)n2ccsc2n1. The third-order valence-electron chi connectivity index (χ3n) is 3.67. The van der Waals surface area contributed by atoms with Crippen molar-refractivity contribution < 1.29 is 9.13 Å². The van der Waals surface area contributed by atoms with Crippen LogP contribution in [0.15, 0.2) is 46.7 Å². The Balaban J connectivity index is 1.79. The predicted molar refractivity (Wildman–Crippen MR) is 91.7 cm³/mol. The Labute approximate surface area is 143 Å². The summed E-state index contributed by atoms with van der Waals surface area (Å²) < 4.78 is 19.8. The van der Waals surface area contributed by atoms with Crippen LogP contribution in [-0.2, 0) is 17.8 Å². The van der Waals surface area contributed by atoms with Gasteiger partial charge < -0.3 is 4.74 Å². The van der Waals surface area contributed by atoms with Crippen LogP contribution in [0, 0.1) is 5.82 Å². The molecular formula is C17H18FN3O2S. The summed E-state index contributed by atoms with van der Waals surface area (Å²) in [6, 6.07) is 7.99. The van der Waals surface area contributed by atoms with Gasteiger partial charge in [0.05, 0.1) is 12.3 Å². The van der Waals surface area contributed by atoms with Gasteiger partial charge in [-0.3, -0.25) is 14.1 Å². The number of hydrogen-bond donors (Lipinski definition) is 0. The fraction of sp³-hybridized carbons (Fsp3) is 0.294. The van der Waals surface area contributed by atoms with Gasteiger partial charge in [-0.15, -0.1) is 11.3 Å². The first-order valence-electron chi connectivity index (χ1n) is 7.57. The quantitative estimate of drug-likeness (QED) is 0.659. The smallest absolute Gasteiger partial charge is 0.258 e. The summed E-state index contributed by atoms with van der Waals surface area (Å²) in [5.74, 6) is -0.250. The van der Waals surface area contributed by atoms with Gasteiger partial charge in [-0.2, -0.15) is 0 Å². The molecule has 0 fully saturated rings. The molecule has 0 spiro atoms. The van der Waals surface area contributed by atoms with Crippen molar-refractivity contribution >= 4 is 16.3 Å². The Kier molecular flexibility index (Phi) is 5.34. The van der Waals surface area contributed by atoms with Crippen LogP contribution in [0.1, 0.15) is 11.3 Å². The van der Waals surface area contributed by atoms with Gasteiger partial charge in [0.1, 0.15) is 5.82 Å². The largest absolute Gasteiger partial charge is 0.383 e. The number of thiazole rings is 1. The molecular weight excluding hydrogens is 329 g/mol. The highest BCUT2D eigenvalue weighted by Gasteiger charge is 2.11. The van der Waals surface area contributed by atoms with Crippen LogP contribution < -0.4 is 5.56 Å². The minimum atomic E-state index is -0.250. The van der Waals surface area contributed by atoms with E-state index in [9.17, 15) is 9.18 Å². The molecule has 0 aliphatic rings. The predicted octanol–water partition coefficient (Wildman–Crippen LogP) is 2.54. The monoisotopic (exact) mass is 347 g/mol. The second-order valence-electron chi connectivity index (χ2n) is 5.47. The molecule has 0 aliphatic heterocycles. The van der Waals surface area contributed by atoms with Crippen LogP contribution in [-0.4, -0.2) is 34.5 Å². The fourth-order valence-corrected chi connectivity index (χ4v) is 3.22. The summed E-state index contributed by atoms with van der Waals surface area (Å²) in [7, 11) is 1.65. The lowest BCUT2D eigenvalue weighted by Crippen LogP contribution is -2.28. The number of benzene rings is 1. The van der Waals surface area contributed by atoms with E-state index in [1.165, 1.54) is 27.9 Å². The van der Waals surface area contributed by atoms with Crippen molar-refractivity contribution in [2.24, 2.45) is 0 Å². The third kappa shape index (κ3) is 4.05. The summed E-state index contributed by atoms with van der Waals surface area (Å²) in [5.41, 5.74) is 1.65. The highest BCUT2D eigenvalue weighted by atomic mass is 32.1. The van der Waals surface area contributed by atoms with E-state index in [4.69, 9.17) is 4.74 Å². The van der Waals surface area contributed by atoms with Crippen molar-refractivity contribution in [3.63, 3.8) is 0 Å². The van der Waals surface area contributed by atoms with Crippen molar-refractivity contribution in [2.75, 3.05) is 20.3 Å². The molecule has 0 N–H and O–H groups in total. The summed E-state index contributed by atoms with van der Waals surface area (Å²) >= 11 is 1.43. The van der Waals surface area contributed by atoms with Gasteiger partial charge in [-0.05, 0) is 17.7 Å². The highest BCUT2D eigenvalue weighted by Crippen LogP contribution is 2.11. The highest BCUT2D eigenvalue weighted by molar-refractivity contribution is 7.15. The Bertz CT molecular complexity index is 860. The average molecular weight is 347 g/mol. The van der Waals surface area contributed by atoms with Crippen molar-refractivity contribution in [2.45, 2.75) is 13.1 Å². The van der Waals surface area contributed by atoms with Gasteiger partial charge in [0.25, 0.3) is 5.56 Å².